The molecule has 1 aromatic heterocycles. The molecule has 4 N–H and O–H groups in total. The van der Waals surface area contributed by atoms with Gasteiger partial charge in [0, 0.05) is 31.7 Å². The van der Waals surface area contributed by atoms with Gasteiger partial charge < -0.3 is 20.5 Å². The summed E-state index contributed by atoms with van der Waals surface area (Å²) in [5.74, 6) is -1.07. The highest BCUT2D eigenvalue weighted by atomic mass is 35.5. The normalized spacial score (nSPS) is 16.8. The SMILES string of the molecule is CC(=O)Nc1ccc(S(=O)(=O)N[C@@H](C)C(=O)N2CCCC2CNC(=O)c2cc(Cl)c(Cl)[nH]2)cc1. The summed E-state index contributed by atoms with van der Waals surface area (Å²) in [6.07, 6.45) is 1.40. The molecule has 0 aliphatic carbocycles. The van der Waals surface area contributed by atoms with E-state index in [0.717, 1.165) is 6.42 Å². The molecular weight excluding hydrogens is 505 g/mol. The molecule has 184 valence electrons. The maximum atomic E-state index is 13.0. The summed E-state index contributed by atoms with van der Waals surface area (Å²) < 4.78 is 27.9. The topological polar surface area (TPSA) is 140 Å². The van der Waals surface area contributed by atoms with Crippen molar-refractivity contribution in [2.75, 3.05) is 18.4 Å². The van der Waals surface area contributed by atoms with Crippen LogP contribution in [0.2, 0.25) is 10.2 Å². The number of rotatable bonds is 8. The van der Waals surface area contributed by atoms with E-state index in [0.29, 0.717) is 18.7 Å². The number of hydrogen-bond donors (Lipinski definition) is 4. The number of aromatic nitrogens is 1. The molecule has 10 nitrogen and oxygen atoms in total. The lowest BCUT2D eigenvalue weighted by Crippen LogP contribution is -2.51. The summed E-state index contributed by atoms with van der Waals surface area (Å²) in [5, 5.41) is 5.70. The highest BCUT2D eigenvalue weighted by Gasteiger charge is 2.33. The third-order valence-corrected chi connectivity index (χ3v) is 7.57. The fourth-order valence-corrected chi connectivity index (χ4v) is 5.20. The Morgan fingerprint density at radius 1 is 1.21 bits per heavy atom. The van der Waals surface area contributed by atoms with Gasteiger partial charge in [-0.3, -0.25) is 14.4 Å². The molecule has 0 radical (unpaired) electrons. The number of sulfonamides is 1. The first-order valence-corrected chi connectivity index (χ1v) is 12.7. The van der Waals surface area contributed by atoms with Gasteiger partial charge in [-0.05, 0) is 50.1 Å². The van der Waals surface area contributed by atoms with Crippen molar-refractivity contribution in [1.82, 2.24) is 19.9 Å². The Kier molecular flexibility index (Phi) is 8.24. The fraction of sp³-hybridized carbons (Fsp3) is 0.381. The quantitative estimate of drug-likeness (QED) is 0.415. The van der Waals surface area contributed by atoms with Gasteiger partial charge in [0.2, 0.25) is 21.8 Å². The van der Waals surface area contributed by atoms with Crippen LogP contribution in [-0.2, 0) is 19.6 Å². The van der Waals surface area contributed by atoms with Gasteiger partial charge in [-0.25, -0.2) is 8.42 Å². The number of nitrogens with one attached hydrogen (secondary N) is 4. The molecule has 1 fully saturated rings. The number of H-pyrrole nitrogens is 1. The van der Waals surface area contributed by atoms with Crippen molar-refractivity contribution in [3.05, 3.63) is 46.2 Å². The lowest BCUT2D eigenvalue weighted by Gasteiger charge is -2.28. The Morgan fingerprint density at radius 3 is 2.47 bits per heavy atom. The van der Waals surface area contributed by atoms with Gasteiger partial charge >= 0.3 is 0 Å². The summed E-state index contributed by atoms with van der Waals surface area (Å²) in [6.45, 7) is 3.48. The average molecular weight is 530 g/mol. The maximum absolute atomic E-state index is 13.0. The smallest absolute Gasteiger partial charge is 0.267 e. The molecule has 2 heterocycles. The Balaban J connectivity index is 1.60. The number of nitrogens with zero attached hydrogens (tertiary/aromatic N) is 1. The molecule has 1 unspecified atom stereocenters. The molecule has 2 atom stereocenters. The molecule has 0 spiro atoms. The van der Waals surface area contributed by atoms with Gasteiger partial charge in [-0.15, -0.1) is 0 Å². The van der Waals surface area contributed by atoms with Crippen LogP contribution < -0.4 is 15.4 Å². The number of carbonyl (C=O) groups is 3. The van der Waals surface area contributed by atoms with Crippen LogP contribution in [0, 0.1) is 0 Å². The second-order valence-electron chi connectivity index (χ2n) is 7.93. The van der Waals surface area contributed by atoms with Crippen LogP contribution in [0.15, 0.2) is 35.2 Å². The summed E-state index contributed by atoms with van der Waals surface area (Å²) in [7, 11) is -3.97. The van der Waals surface area contributed by atoms with Crippen molar-refractivity contribution in [3.8, 4) is 0 Å². The first kappa shape index (κ1) is 26.0. The predicted molar refractivity (Wildman–Crippen MR) is 128 cm³/mol. The van der Waals surface area contributed by atoms with E-state index in [1.807, 2.05) is 0 Å². The minimum absolute atomic E-state index is 0.0326. The van der Waals surface area contributed by atoms with Crippen LogP contribution in [0.25, 0.3) is 0 Å². The summed E-state index contributed by atoms with van der Waals surface area (Å²) in [6, 6.07) is 5.74. The number of halogens is 2. The molecule has 0 saturated carbocycles. The van der Waals surface area contributed by atoms with E-state index < -0.39 is 22.0 Å². The highest BCUT2D eigenvalue weighted by Crippen LogP contribution is 2.22. The Hall–Kier alpha value is -2.60. The number of anilines is 1. The summed E-state index contributed by atoms with van der Waals surface area (Å²) >= 11 is 11.7. The molecular formula is C21H25Cl2N5O5S. The molecule has 13 heteroatoms. The van der Waals surface area contributed by atoms with E-state index in [9.17, 15) is 22.8 Å². The molecule has 34 heavy (non-hydrogen) atoms. The highest BCUT2D eigenvalue weighted by molar-refractivity contribution is 7.89. The summed E-state index contributed by atoms with van der Waals surface area (Å²) in [5.41, 5.74) is 0.665. The molecule has 1 aliphatic heterocycles. The third-order valence-electron chi connectivity index (χ3n) is 5.32. The van der Waals surface area contributed by atoms with Gasteiger partial charge in [0.25, 0.3) is 5.91 Å². The van der Waals surface area contributed by atoms with Crippen LogP contribution >= 0.6 is 23.2 Å². The van der Waals surface area contributed by atoms with Gasteiger partial charge in [-0.2, -0.15) is 4.72 Å². The Bertz CT molecular complexity index is 1160. The van der Waals surface area contributed by atoms with Crippen molar-refractivity contribution < 1.29 is 22.8 Å². The monoisotopic (exact) mass is 529 g/mol. The molecule has 2 aromatic rings. The van der Waals surface area contributed by atoms with E-state index in [2.05, 4.69) is 20.3 Å². The molecule has 3 rings (SSSR count). The third kappa shape index (κ3) is 6.29. The Morgan fingerprint density at radius 2 is 1.88 bits per heavy atom. The zero-order chi connectivity index (χ0) is 25.0. The van der Waals surface area contributed by atoms with E-state index in [-0.39, 0.29) is 45.2 Å². The second-order valence-corrected chi connectivity index (χ2v) is 10.4. The number of hydrogen-bond acceptors (Lipinski definition) is 5. The van der Waals surface area contributed by atoms with Crippen molar-refractivity contribution in [2.45, 2.75) is 43.7 Å². The molecule has 1 aromatic carbocycles. The second kappa shape index (κ2) is 10.8. The molecule has 0 bridgehead atoms. The number of likely N-dealkylation sites (tertiary alicyclic amines) is 1. The number of carbonyl (C=O) groups excluding carboxylic acids is 3. The van der Waals surface area contributed by atoms with Crippen molar-refractivity contribution >= 4 is 56.6 Å². The van der Waals surface area contributed by atoms with Crippen molar-refractivity contribution in [1.29, 1.82) is 0 Å². The van der Waals surface area contributed by atoms with Crippen LogP contribution in [0.3, 0.4) is 0 Å². The molecule has 3 amide bonds. The first-order chi connectivity index (χ1) is 16.0. The van der Waals surface area contributed by atoms with E-state index in [1.165, 1.54) is 44.2 Å². The fourth-order valence-electron chi connectivity index (χ4n) is 3.69. The van der Waals surface area contributed by atoms with Crippen LogP contribution in [0.5, 0.6) is 0 Å². The molecule has 1 saturated heterocycles. The maximum Gasteiger partial charge on any atom is 0.267 e. The van der Waals surface area contributed by atoms with Crippen LogP contribution in [0.4, 0.5) is 5.69 Å². The van der Waals surface area contributed by atoms with Gasteiger partial charge in [0.05, 0.1) is 16.0 Å². The number of benzene rings is 1. The molecule has 1 aliphatic rings. The average Bonchev–Trinajstić information content (AvgIpc) is 3.37. The lowest BCUT2D eigenvalue weighted by molar-refractivity contribution is -0.133. The first-order valence-electron chi connectivity index (χ1n) is 10.5. The van der Waals surface area contributed by atoms with Gasteiger partial charge in [0.15, 0.2) is 0 Å². The van der Waals surface area contributed by atoms with Gasteiger partial charge in [-0.1, -0.05) is 23.2 Å². The van der Waals surface area contributed by atoms with Crippen LogP contribution in [-0.4, -0.2) is 61.2 Å². The zero-order valence-electron chi connectivity index (χ0n) is 18.5. The minimum atomic E-state index is -3.97. The van der Waals surface area contributed by atoms with Crippen molar-refractivity contribution in [2.24, 2.45) is 0 Å². The minimum Gasteiger partial charge on any atom is -0.349 e. The van der Waals surface area contributed by atoms with Gasteiger partial charge in [0.1, 0.15) is 10.8 Å². The number of aromatic amines is 1. The van der Waals surface area contributed by atoms with E-state index in [4.69, 9.17) is 23.2 Å². The van der Waals surface area contributed by atoms with E-state index >= 15 is 0 Å². The standard InChI is InChI=1S/C21H25Cl2N5O5S/c1-12(27-34(32,33)16-7-5-14(6-8-16)25-13(2)29)21(31)28-9-3-4-15(28)11-24-20(30)18-10-17(22)19(23)26-18/h5-8,10,12,15,26-27H,3-4,9,11H2,1-2H3,(H,24,30)(H,25,29)/t12-,15?/m0/s1. The largest absolute Gasteiger partial charge is 0.349 e. The number of amides is 3. The Labute approximate surface area is 207 Å². The van der Waals surface area contributed by atoms with Crippen molar-refractivity contribution in [3.63, 3.8) is 0 Å². The lowest BCUT2D eigenvalue weighted by atomic mass is 10.2. The predicted octanol–water partition coefficient (Wildman–Crippen LogP) is 2.37. The van der Waals surface area contributed by atoms with Crippen LogP contribution in [0.1, 0.15) is 37.2 Å². The van der Waals surface area contributed by atoms with E-state index in [1.54, 1.807) is 4.90 Å². The zero-order valence-corrected chi connectivity index (χ0v) is 20.9. The summed E-state index contributed by atoms with van der Waals surface area (Å²) in [4.78, 5) is 40.7.